The van der Waals surface area contributed by atoms with Crippen LogP contribution < -0.4 is 0 Å². The highest BCUT2D eigenvalue weighted by atomic mass is 35.5. The normalized spacial score (nSPS) is 13.4. The minimum atomic E-state index is -0.235. The molecule has 1 amide bonds. The Balaban J connectivity index is 1.48. The monoisotopic (exact) mass is 456 g/mol. The first-order valence-electron chi connectivity index (χ1n) is 9.96. The molecule has 0 atom stereocenters. The van der Waals surface area contributed by atoms with Gasteiger partial charge < -0.3 is 14.2 Å². The van der Waals surface area contributed by atoms with E-state index in [1.165, 1.54) is 0 Å². The molecule has 1 aliphatic rings. The van der Waals surface area contributed by atoms with Crippen LogP contribution in [0.4, 0.5) is 0 Å². The quantitative estimate of drug-likeness (QED) is 0.502. The number of amides is 1. The molecule has 0 aliphatic carbocycles. The SMILES string of the molecule is CN(C)Cc1cc2c(o1)CCN(C(=O)c1ccc(C(=O)c3cccc(Cl)c3Cl)cc1)C2. The molecule has 1 aliphatic heterocycles. The fraction of sp³-hybridized carbons (Fsp3) is 0.250. The van der Waals surface area contributed by atoms with Crippen molar-refractivity contribution in [3.63, 3.8) is 0 Å². The number of furan rings is 1. The molecule has 0 radical (unpaired) electrons. The summed E-state index contributed by atoms with van der Waals surface area (Å²) in [4.78, 5) is 29.6. The van der Waals surface area contributed by atoms with Crippen LogP contribution in [0.3, 0.4) is 0 Å². The highest BCUT2D eigenvalue weighted by molar-refractivity contribution is 6.44. The molecule has 0 N–H and O–H groups in total. The van der Waals surface area contributed by atoms with Crippen LogP contribution in [0.2, 0.25) is 10.0 Å². The number of hydrogen-bond acceptors (Lipinski definition) is 4. The van der Waals surface area contributed by atoms with Crippen LogP contribution in [-0.4, -0.2) is 42.1 Å². The molecule has 0 saturated heterocycles. The number of ketones is 1. The van der Waals surface area contributed by atoms with Crippen molar-refractivity contribution in [2.75, 3.05) is 20.6 Å². The Hall–Kier alpha value is -2.60. The van der Waals surface area contributed by atoms with Crippen LogP contribution in [0, 0.1) is 0 Å². The van der Waals surface area contributed by atoms with Gasteiger partial charge in [0.25, 0.3) is 5.91 Å². The third-order valence-electron chi connectivity index (χ3n) is 5.27. The van der Waals surface area contributed by atoms with Crippen molar-refractivity contribution in [1.82, 2.24) is 9.80 Å². The molecule has 0 fully saturated rings. The summed E-state index contributed by atoms with van der Waals surface area (Å²) in [5, 5.41) is 0.559. The van der Waals surface area contributed by atoms with E-state index in [4.69, 9.17) is 27.6 Å². The van der Waals surface area contributed by atoms with Crippen LogP contribution in [0.5, 0.6) is 0 Å². The number of rotatable bonds is 5. The lowest BCUT2D eigenvalue weighted by Crippen LogP contribution is -2.35. The molecular formula is C24H22Cl2N2O3. The molecule has 2 aromatic carbocycles. The van der Waals surface area contributed by atoms with Gasteiger partial charge in [0.05, 0.1) is 16.6 Å². The Morgan fingerprint density at radius 3 is 2.48 bits per heavy atom. The van der Waals surface area contributed by atoms with Crippen molar-refractivity contribution < 1.29 is 14.0 Å². The largest absolute Gasteiger partial charge is 0.464 e. The minimum Gasteiger partial charge on any atom is -0.464 e. The number of carbonyl (C=O) groups is 2. The zero-order valence-electron chi connectivity index (χ0n) is 17.3. The number of benzene rings is 2. The van der Waals surface area contributed by atoms with Gasteiger partial charge in [-0.15, -0.1) is 0 Å². The van der Waals surface area contributed by atoms with E-state index in [9.17, 15) is 9.59 Å². The molecule has 5 nitrogen and oxygen atoms in total. The van der Waals surface area contributed by atoms with Crippen LogP contribution in [0.25, 0.3) is 0 Å². The fourth-order valence-corrected chi connectivity index (χ4v) is 4.13. The van der Waals surface area contributed by atoms with Crippen molar-refractivity contribution in [2.24, 2.45) is 0 Å². The first-order valence-corrected chi connectivity index (χ1v) is 10.7. The number of halogens is 2. The Labute approximate surface area is 191 Å². The molecule has 31 heavy (non-hydrogen) atoms. The molecule has 3 aromatic rings. The summed E-state index contributed by atoms with van der Waals surface area (Å²) >= 11 is 12.2. The Kier molecular flexibility index (Phi) is 6.19. The van der Waals surface area contributed by atoms with E-state index in [1.807, 2.05) is 30.0 Å². The summed E-state index contributed by atoms with van der Waals surface area (Å²) in [5.41, 5.74) is 2.38. The topological polar surface area (TPSA) is 53.8 Å². The van der Waals surface area contributed by atoms with Gasteiger partial charge in [0.15, 0.2) is 5.78 Å². The van der Waals surface area contributed by atoms with Crippen LogP contribution >= 0.6 is 23.2 Å². The Morgan fingerprint density at radius 2 is 1.77 bits per heavy atom. The summed E-state index contributed by atoms with van der Waals surface area (Å²) in [6.45, 7) is 1.84. The van der Waals surface area contributed by atoms with Crippen molar-refractivity contribution >= 4 is 34.9 Å². The Bertz CT molecular complexity index is 1140. The van der Waals surface area contributed by atoms with Gasteiger partial charge in [0.2, 0.25) is 0 Å². The fourth-order valence-electron chi connectivity index (χ4n) is 3.74. The highest BCUT2D eigenvalue weighted by Crippen LogP contribution is 2.28. The van der Waals surface area contributed by atoms with Gasteiger partial charge in [0.1, 0.15) is 11.5 Å². The second kappa shape index (κ2) is 8.87. The van der Waals surface area contributed by atoms with Gasteiger partial charge in [-0.1, -0.05) is 41.4 Å². The molecule has 4 rings (SSSR count). The molecule has 160 valence electrons. The van der Waals surface area contributed by atoms with E-state index in [1.54, 1.807) is 42.5 Å². The predicted molar refractivity (Wildman–Crippen MR) is 121 cm³/mol. The number of nitrogens with zero attached hydrogens (tertiary/aromatic N) is 2. The van der Waals surface area contributed by atoms with Crippen LogP contribution in [-0.2, 0) is 19.5 Å². The van der Waals surface area contributed by atoms with E-state index < -0.39 is 0 Å². The smallest absolute Gasteiger partial charge is 0.254 e. The molecular weight excluding hydrogens is 435 g/mol. The first-order chi connectivity index (χ1) is 14.8. The van der Waals surface area contributed by atoms with E-state index in [0.717, 1.165) is 23.6 Å². The third-order valence-corrected chi connectivity index (χ3v) is 6.09. The highest BCUT2D eigenvalue weighted by Gasteiger charge is 2.25. The number of fused-ring (bicyclic) bond motifs is 1. The summed E-state index contributed by atoms with van der Waals surface area (Å²) in [6.07, 6.45) is 0.693. The van der Waals surface area contributed by atoms with E-state index in [2.05, 4.69) is 0 Å². The lowest BCUT2D eigenvalue weighted by Gasteiger charge is -2.26. The maximum absolute atomic E-state index is 13.0. The molecule has 0 bridgehead atoms. The maximum atomic E-state index is 13.0. The molecule has 0 spiro atoms. The lowest BCUT2D eigenvalue weighted by molar-refractivity contribution is 0.0729. The van der Waals surface area contributed by atoms with E-state index in [0.29, 0.717) is 41.2 Å². The zero-order chi connectivity index (χ0) is 22.1. The number of carbonyl (C=O) groups excluding carboxylic acids is 2. The van der Waals surface area contributed by atoms with Gasteiger partial charge in [-0.25, -0.2) is 0 Å². The third kappa shape index (κ3) is 4.54. The molecule has 7 heteroatoms. The van der Waals surface area contributed by atoms with E-state index >= 15 is 0 Å². The van der Waals surface area contributed by atoms with Gasteiger partial charge in [0, 0.05) is 41.8 Å². The van der Waals surface area contributed by atoms with Crippen molar-refractivity contribution in [3.8, 4) is 0 Å². The maximum Gasteiger partial charge on any atom is 0.254 e. The van der Waals surface area contributed by atoms with Crippen LogP contribution in [0.1, 0.15) is 43.4 Å². The average Bonchev–Trinajstić information content (AvgIpc) is 3.15. The van der Waals surface area contributed by atoms with E-state index in [-0.39, 0.29) is 16.7 Å². The van der Waals surface area contributed by atoms with Crippen molar-refractivity contribution in [3.05, 3.63) is 92.4 Å². The minimum absolute atomic E-state index is 0.0687. The summed E-state index contributed by atoms with van der Waals surface area (Å²) in [5.74, 6) is 1.56. The zero-order valence-corrected chi connectivity index (χ0v) is 18.8. The van der Waals surface area contributed by atoms with Gasteiger partial charge in [-0.05, 0) is 44.4 Å². The van der Waals surface area contributed by atoms with Crippen LogP contribution in [0.15, 0.2) is 52.9 Å². The molecule has 0 unspecified atom stereocenters. The predicted octanol–water partition coefficient (Wildman–Crippen LogP) is 5.08. The second-order valence-corrected chi connectivity index (χ2v) is 8.67. The summed E-state index contributed by atoms with van der Waals surface area (Å²) in [7, 11) is 3.98. The van der Waals surface area contributed by atoms with Crippen molar-refractivity contribution in [2.45, 2.75) is 19.5 Å². The molecule has 1 aromatic heterocycles. The second-order valence-electron chi connectivity index (χ2n) is 7.88. The van der Waals surface area contributed by atoms with Crippen molar-refractivity contribution in [1.29, 1.82) is 0 Å². The van der Waals surface area contributed by atoms with Gasteiger partial charge in [-0.3, -0.25) is 9.59 Å². The van der Waals surface area contributed by atoms with Gasteiger partial charge in [-0.2, -0.15) is 0 Å². The number of hydrogen-bond donors (Lipinski definition) is 0. The van der Waals surface area contributed by atoms with Gasteiger partial charge >= 0.3 is 0 Å². The first kappa shape index (κ1) is 21.6. The summed E-state index contributed by atoms with van der Waals surface area (Å²) in [6, 6.07) is 13.6. The standard InChI is InChI=1S/C24H22Cl2N2O3/c1-27(2)14-18-12-17-13-28(11-10-21(17)31-18)24(30)16-8-6-15(7-9-16)23(29)19-4-3-5-20(25)22(19)26/h3-9,12H,10-11,13-14H2,1-2H3. The average molecular weight is 457 g/mol. The Morgan fingerprint density at radius 1 is 1.06 bits per heavy atom. The summed E-state index contributed by atoms with van der Waals surface area (Å²) < 4.78 is 5.92. The molecule has 0 saturated carbocycles. The molecule has 2 heterocycles. The lowest BCUT2D eigenvalue weighted by atomic mass is 10.0.